The van der Waals surface area contributed by atoms with Gasteiger partial charge in [-0.3, -0.25) is 9.59 Å². The van der Waals surface area contributed by atoms with Gasteiger partial charge < -0.3 is 10.4 Å². The van der Waals surface area contributed by atoms with Crippen LogP contribution in [0.4, 0.5) is 5.69 Å². The molecule has 130 valence electrons. The molecular formula is C19H14N2O4S. The molecule has 2 N–H and O–H groups in total. The number of carboxylic acid groups (broad SMARTS) is 1. The second-order valence-corrected chi connectivity index (χ2v) is 6.55. The molecule has 2 aromatic carbocycles. The minimum atomic E-state index is -1.00. The van der Waals surface area contributed by atoms with Crippen molar-refractivity contribution in [1.29, 1.82) is 0 Å². The van der Waals surface area contributed by atoms with Crippen LogP contribution >= 0.6 is 11.8 Å². The lowest BCUT2D eigenvalue weighted by molar-refractivity contribution is -0.115. The first-order valence-corrected chi connectivity index (χ1v) is 8.48. The van der Waals surface area contributed by atoms with Gasteiger partial charge >= 0.3 is 5.97 Å². The molecule has 0 aromatic heterocycles. The van der Waals surface area contributed by atoms with E-state index in [0.29, 0.717) is 26.9 Å². The molecule has 0 saturated carbocycles. The lowest BCUT2D eigenvalue weighted by atomic mass is 10.1. The Morgan fingerprint density at radius 1 is 1.12 bits per heavy atom. The highest BCUT2D eigenvalue weighted by molar-refractivity contribution is 8.18. The van der Waals surface area contributed by atoms with Crippen molar-refractivity contribution in [3.05, 3.63) is 70.1 Å². The van der Waals surface area contributed by atoms with Crippen molar-refractivity contribution in [2.75, 3.05) is 0 Å². The van der Waals surface area contributed by atoms with Gasteiger partial charge in [-0.05, 0) is 54.6 Å². The fraction of sp³-hybridized carbons (Fsp3) is 0.0526. The standard InChI is InChI=1S/C19H14N2O4S/c1-11(22)14-3-2-4-15(10-14)20-19-21-17(23)16(26-19)9-12-5-7-13(8-6-12)18(24)25/h2-10H,1H3,(H,24,25)(H,20,21,23)/b16-9+. The number of amidine groups is 1. The normalized spacial score (nSPS) is 16.7. The Labute approximate surface area is 153 Å². The van der Waals surface area contributed by atoms with Crippen molar-refractivity contribution in [2.45, 2.75) is 6.92 Å². The third-order valence-electron chi connectivity index (χ3n) is 3.59. The van der Waals surface area contributed by atoms with Crippen molar-refractivity contribution < 1.29 is 19.5 Å². The van der Waals surface area contributed by atoms with E-state index in [1.165, 1.54) is 30.8 Å². The third kappa shape index (κ3) is 4.07. The molecule has 1 fully saturated rings. The summed E-state index contributed by atoms with van der Waals surface area (Å²) >= 11 is 1.18. The van der Waals surface area contributed by atoms with Crippen molar-refractivity contribution >= 4 is 46.4 Å². The molecule has 0 spiro atoms. The molecule has 2 aromatic rings. The molecular weight excluding hydrogens is 352 g/mol. The average Bonchev–Trinajstić information content (AvgIpc) is 2.94. The van der Waals surface area contributed by atoms with Gasteiger partial charge in [-0.15, -0.1) is 0 Å². The van der Waals surface area contributed by atoms with Gasteiger partial charge in [-0.1, -0.05) is 24.3 Å². The van der Waals surface area contributed by atoms with E-state index in [1.54, 1.807) is 42.5 Å². The van der Waals surface area contributed by atoms with E-state index in [-0.39, 0.29) is 17.3 Å². The van der Waals surface area contributed by atoms with Gasteiger partial charge in [-0.25, -0.2) is 9.79 Å². The summed E-state index contributed by atoms with van der Waals surface area (Å²) in [6.45, 7) is 1.48. The summed E-state index contributed by atoms with van der Waals surface area (Å²) in [4.78, 5) is 39.2. The molecule has 0 bridgehead atoms. The number of amides is 1. The predicted octanol–water partition coefficient (Wildman–Crippen LogP) is 3.48. The van der Waals surface area contributed by atoms with E-state index >= 15 is 0 Å². The molecule has 7 heteroatoms. The first-order chi connectivity index (χ1) is 12.4. The summed E-state index contributed by atoms with van der Waals surface area (Å²) < 4.78 is 0. The van der Waals surface area contributed by atoms with E-state index < -0.39 is 5.97 Å². The molecule has 0 atom stereocenters. The number of aromatic carboxylic acids is 1. The van der Waals surface area contributed by atoms with E-state index in [1.807, 2.05) is 0 Å². The lowest BCUT2D eigenvalue weighted by Crippen LogP contribution is -2.19. The Bertz CT molecular complexity index is 962. The Kier molecular flexibility index (Phi) is 4.99. The van der Waals surface area contributed by atoms with Crippen LogP contribution < -0.4 is 5.32 Å². The molecule has 1 aliphatic heterocycles. The first kappa shape index (κ1) is 17.6. The number of carboxylic acids is 1. The third-order valence-corrected chi connectivity index (χ3v) is 4.50. The maximum atomic E-state index is 12.1. The smallest absolute Gasteiger partial charge is 0.335 e. The predicted molar refractivity (Wildman–Crippen MR) is 101 cm³/mol. The number of benzene rings is 2. The molecule has 0 radical (unpaired) electrons. The van der Waals surface area contributed by atoms with Crippen LogP contribution in [0, 0.1) is 0 Å². The second kappa shape index (κ2) is 7.37. The topological polar surface area (TPSA) is 95.8 Å². The van der Waals surface area contributed by atoms with Crippen LogP contribution in [0.1, 0.15) is 33.2 Å². The fourth-order valence-electron chi connectivity index (χ4n) is 2.27. The van der Waals surface area contributed by atoms with Crippen LogP contribution in [0.15, 0.2) is 58.4 Å². The average molecular weight is 366 g/mol. The van der Waals surface area contributed by atoms with E-state index in [9.17, 15) is 14.4 Å². The monoisotopic (exact) mass is 366 g/mol. The van der Waals surface area contributed by atoms with Crippen molar-refractivity contribution in [2.24, 2.45) is 4.99 Å². The van der Waals surface area contributed by atoms with Crippen LogP contribution in [0.2, 0.25) is 0 Å². The molecule has 26 heavy (non-hydrogen) atoms. The van der Waals surface area contributed by atoms with Crippen molar-refractivity contribution in [3.8, 4) is 0 Å². The molecule has 1 aliphatic rings. The largest absolute Gasteiger partial charge is 0.478 e. The zero-order valence-corrected chi connectivity index (χ0v) is 14.5. The summed E-state index contributed by atoms with van der Waals surface area (Å²) in [6.07, 6.45) is 1.67. The SMILES string of the molecule is CC(=O)c1cccc(N=C2NC(=O)/C(=C\c3ccc(C(=O)O)cc3)S2)c1. The van der Waals surface area contributed by atoms with E-state index in [2.05, 4.69) is 10.3 Å². The van der Waals surface area contributed by atoms with E-state index in [4.69, 9.17) is 5.11 Å². The van der Waals surface area contributed by atoms with Crippen LogP contribution in [0.25, 0.3) is 6.08 Å². The minimum absolute atomic E-state index is 0.0550. The number of aliphatic imine (C=N–C) groups is 1. The van der Waals surface area contributed by atoms with Gasteiger partial charge in [0.15, 0.2) is 11.0 Å². The lowest BCUT2D eigenvalue weighted by Gasteiger charge is -1.99. The summed E-state index contributed by atoms with van der Waals surface area (Å²) in [7, 11) is 0. The minimum Gasteiger partial charge on any atom is -0.478 e. The van der Waals surface area contributed by atoms with Gasteiger partial charge in [0.25, 0.3) is 5.91 Å². The summed E-state index contributed by atoms with van der Waals surface area (Å²) in [5.74, 6) is -1.33. The first-order valence-electron chi connectivity index (χ1n) is 7.66. The number of nitrogens with zero attached hydrogens (tertiary/aromatic N) is 1. The molecule has 0 aliphatic carbocycles. The zero-order chi connectivity index (χ0) is 18.7. The number of thioether (sulfide) groups is 1. The number of ketones is 1. The van der Waals surface area contributed by atoms with Crippen LogP contribution in [0.5, 0.6) is 0 Å². The summed E-state index contributed by atoms with van der Waals surface area (Å²) in [5.41, 5.74) is 2.03. The fourth-order valence-corrected chi connectivity index (χ4v) is 3.11. The maximum Gasteiger partial charge on any atom is 0.335 e. The second-order valence-electron chi connectivity index (χ2n) is 5.52. The van der Waals surface area contributed by atoms with Crippen LogP contribution in [-0.4, -0.2) is 27.9 Å². The number of hydrogen-bond acceptors (Lipinski definition) is 5. The molecule has 0 unspecified atom stereocenters. The molecule has 1 heterocycles. The summed E-state index contributed by atoms with van der Waals surface area (Å²) in [6, 6.07) is 13.1. The molecule has 1 amide bonds. The highest BCUT2D eigenvalue weighted by Gasteiger charge is 2.23. The highest BCUT2D eigenvalue weighted by atomic mass is 32.2. The Balaban J connectivity index is 1.80. The van der Waals surface area contributed by atoms with Gasteiger partial charge in [-0.2, -0.15) is 0 Å². The Morgan fingerprint density at radius 3 is 2.50 bits per heavy atom. The van der Waals surface area contributed by atoms with Gasteiger partial charge in [0.05, 0.1) is 16.2 Å². The van der Waals surface area contributed by atoms with Gasteiger partial charge in [0, 0.05) is 5.56 Å². The highest BCUT2D eigenvalue weighted by Crippen LogP contribution is 2.28. The van der Waals surface area contributed by atoms with Crippen molar-refractivity contribution in [1.82, 2.24) is 5.32 Å². The van der Waals surface area contributed by atoms with E-state index in [0.717, 1.165) is 0 Å². The number of nitrogens with one attached hydrogen (secondary N) is 1. The Hall–Kier alpha value is -3.19. The van der Waals surface area contributed by atoms with Crippen LogP contribution in [0.3, 0.4) is 0 Å². The maximum absolute atomic E-state index is 12.1. The number of carbonyl (C=O) groups excluding carboxylic acids is 2. The summed E-state index contributed by atoms with van der Waals surface area (Å²) in [5, 5.41) is 12.0. The number of Topliss-reactive ketones (excluding diaryl/α,β-unsaturated/α-hetero) is 1. The Morgan fingerprint density at radius 2 is 1.85 bits per heavy atom. The van der Waals surface area contributed by atoms with Gasteiger partial charge in [0.1, 0.15) is 0 Å². The molecule has 1 saturated heterocycles. The zero-order valence-electron chi connectivity index (χ0n) is 13.7. The van der Waals surface area contributed by atoms with Crippen LogP contribution in [-0.2, 0) is 4.79 Å². The number of hydrogen-bond donors (Lipinski definition) is 2. The van der Waals surface area contributed by atoms with Gasteiger partial charge in [0.2, 0.25) is 0 Å². The molecule has 6 nitrogen and oxygen atoms in total. The number of rotatable bonds is 4. The van der Waals surface area contributed by atoms with Crippen molar-refractivity contribution in [3.63, 3.8) is 0 Å². The molecule has 3 rings (SSSR count). The number of carbonyl (C=O) groups is 3. The quantitative estimate of drug-likeness (QED) is 0.638.